The molecule has 8 nitrogen and oxygen atoms in total. The van der Waals surface area contributed by atoms with Crippen LogP contribution in [0, 0.1) is 11.3 Å². The molecule has 1 amide bonds. The number of rotatable bonds is 9. The van der Waals surface area contributed by atoms with Crippen LogP contribution in [-0.2, 0) is 16.1 Å². The van der Waals surface area contributed by atoms with Crippen LogP contribution in [0.5, 0.6) is 11.5 Å². The lowest BCUT2D eigenvalue weighted by Crippen LogP contribution is -2.37. The van der Waals surface area contributed by atoms with Crippen molar-refractivity contribution >= 4 is 34.6 Å². The second-order valence-corrected chi connectivity index (χ2v) is 9.20. The first kappa shape index (κ1) is 28.6. The van der Waals surface area contributed by atoms with E-state index in [1.54, 1.807) is 49.4 Å². The molecule has 0 radical (unpaired) electrons. The molecule has 208 valence electrons. The Morgan fingerprint density at radius 2 is 1.90 bits per heavy atom. The summed E-state index contributed by atoms with van der Waals surface area (Å²) in [6, 6.07) is 16.7. The molecule has 0 spiro atoms. The van der Waals surface area contributed by atoms with Crippen molar-refractivity contribution in [3.63, 3.8) is 0 Å². The first-order valence-electron chi connectivity index (χ1n) is 12.0. The maximum atomic E-state index is 14.0. The highest BCUT2D eigenvalue weighted by atomic mass is 35.5. The van der Waals surface area contributed by atoms with Gasteiger partial charge in [-0.15, -0.1) is 13.2 Å². The molecule has 1 aliphatic rings. The van der Waals surface area contributed by atoms with Gasteiger partial charge in [-0.25, -0.2) is 0 Å². The van der Waals surface area contributed by atoms with E-state index in [-0.39, 0.29) is 13.2 Å². The fraction of sp³-hybridized carbons (Fsp3) is 0.250. The van der Waals surface area contributed by atoms with Crippen molar-refractivity contribution in [2.45, 2.75) is 25.7 Å². The first-order chi connectivity index (χ1) is 19.1. The molecule has 1 heterocycles. The van der Waals surface area contributed by atoms with Crippen molar-refractivity contribution in [1.29, 1.82) is 5.26 Å². The number of nitrogens with one attached hydrogen (secondary N) is 1. The molecule has 0 fully saturated rings. The van der Waals surface area contributed by atoms with Gasteiger partial charge in [0.1, 0.15) is 23.6 Å². The molecule has 0 aliphatic carbocycles. The number of methoxy groups -OCH3 is 1. The molecule has 0 bridgehead atoms. The minimum atomic E-state index is -4.86. The molecule has 0 saturated heterocycles. The molecule has 3 aromatic rings. The van der Waals surface area contributed by atoms with Crippen LogP contribution in [0.15, 0.2) is 65.8 Å². The van der Waals surface area contributed by atoms with E-state index >= 15 is 0 Å². The van der Waals surface area contributed by atoms with Crippen LogP contribution in [0.4, 0.5) is 24.5 Å². The number of nitriles is 1. The highest BCUT2D eigenvalue weighted by molar-refractivity contribution is 6.30. The number of carbonyl (C=O) groups is 1. The number of alkyl halides is 3. The zero-order valence-electron chi connectivity index (χ0n) is 21.5. The van der Waals surface area contributed by atoms with Crippen molar-refractivity contribution in [3.8, 4) is 17.6 Å². The molecule has 1 aliphatic heterocycles. The monoisotopic (exact) mass is 572 g/mol. The van der Waals surface area contributed by atoms with Crippen molar-refractivity contribution < 1.29 is 32.3 Å². The predicted octanol–water partition coefficient (Wildman–Crippen LogP) is 6.25. The normalized spacial score (nSPS) is 13.7. The smallest absolute Gasteiger partial charge is 0.497 e. The van der Waals surface area contributed by atoms with Crippen LogP contribution in [0.25, 0.3) is 0 Å². The lowest BCUT2D eigenvalue weighted by molar-refractivity contribution is -0.274. The number of carbonyl (C=O) groups excluding carboxylic acids is 1. The number of ether oxygens (including phenoxy) is 2. The Labute approximate surface area is 233 Å². The zero-order chi connectivity index (χ0) is 28.9. The minimum Gasteiger partial charge on any atom is -0.497 e. The number of hydrogen-bond donors (Lipinski definition) is 1. The number of fused-ring (bicyclic) bond motifs is 1. The predicted molar refractivity (Wildman–Crippen MR) is 144 cm³/mol. The molecular weight excluding hydrogens is 549 g/mol. The molecule has 1 N–H and O–H groups in total. The van der Waals surface area contributed by atoms with Gasteiger partial charge in [0.15, 0.2) is 0 Å². The maximum Gasteiger partial charge on any atom is 0.573 e. The van der Waals surface area contributed by atoms with E-state index in [9.17, 15) is 18.0 Å². The Morgan fingerprint density at radius 1 is 1.15 bits per heavy atom. The second-order valence-electron chi connectivity index (χ2n) is 8.77. The summed E-state index contributed by atoms with van der Waals surface area (Å²) in [5.41, 5.74) is 3.24. The summed E-state index contributed by atoms with van der Waals surface area (Å²) >= 11 is 6.08. The van der Waals surface area contributed by atoms with Crippen LogP contribution in [0.2, 0.25) is 5.02 Å². The van der Waals surface area contributed by atoms with E-state index < -0.39 is 24.1 Å². The number of amides is 1. The molecule has 0 saturated carbocycles. The van der Waals surface area contributed by atoms with Gasteiger partial charge >= 0.3 is 6.36 Å². The number of hydrogen-bond acceptors (Lipinski definition) is 7. The van der Waals surface area contributed by atoms with Gasteiger partial charge in [0.05, 0.1) is 18.5 Å². The molecule has 0 aromatic heterocycles. The lowest BCUT2D eigenvalue weighted by Gasteiger charge is -2.27. The highest BCUT2D eigenvalue weighted by Gasteiger charge is 2.34. The molecule has 40 heavy (non-hydrogen) atoms. The fourth-order valence-corrected chi connectivity index (χ4v) is 4.40. The van der Waals surface area contributed by atoms with Crippen LogP contribution < -0.4 is 19.7 Å². The van der Waals surface area contributed by atoms with Gasteiger partial charge in [-0.1, -0.05) is 35.0 Å². The van der Waals surface area contributed by atoms with Gasteiger partial charge in [0.2, 0.25) is 6.61 Å². The molecule has 3 aromatic carbocycles. The largest absolute Gasteiger partial charge is 0.573 e. The Bertz CT molecular complexity index is 1460. The SMILES string of the molecule is COc1cc(NC(C(=O)N2CCc3ccc(OC(F)(F)F)cc32)c2ccc(Cl)cc2)cc(C(C)=NOCC#N)c1. The Hall–Kier alpha value is -4.43. The molecule has 4 rings (SSSR count). The standard InChI is InChI=1S/C28H24ClF3N4O4/c1-17(35-39-12-10-33)20-13-22(15-24(14-20)38-2)34-26(19-3-6-21(29)7-4-19)27(37)36-11-9-18-5-8-23(16-25(18)36)40-28(30,31)32/h3-8,13-16,26,34H,9,11-12H2,1-2H3. The average Bonchev–Trinajstić information content (AvgIpc) is 3.34. The summed E-state index contributed by atoms with van der Waals surface area (Å²) in [5, 5.41) is 16.3. The third-order valence-corrected chi connectivity index (χ3v) is 6.36. The second kappa shape index (κ2) is 12.2. The van der Waals surface area contributed by atoms with E-state index in [2.05, 4.69) is 15.2 Å². The first-order valence-corrected chi connectivity index (χ1v) is 12.4. The van der Waals surface area contributed by atoms with Crippen LogP contribution in [0.1, 0.15) is 29.7 Å². The van der Waals surface area contributed by atoms with Gasteiger partial charge in [-0.3, -0.25) is 4.79 Å². The lowest BCUT2D eigenvalue weighted by atomic mass is 10.0. The van der Waals surface area contributed by atoms with Crippen molar-refractivity contribution in [2.24, 2.45) is 5.16 Å². The quantitative estimate of drug-likeness (QED) is 0.185. The van der Waals surface area contributed by atoms with Gasteiger partial charge in [0, 0.05) is 35.0 Å². The maximum absolute atomic E-state index is 14.0. The van der Waals surface area contributed by atoms with Crippen LogP contribution in [0.3, 0.4) is 0 Å². The number of halogens is 4. The van der Waals surface area contributed by atoms with E-state index in [1.807, 2.05) is 6.07 Å². The van der Waals surface area contributed by atoms with E-state index in [0.29, 0.717) is 45.4 Å². The number of anilines is 2. The van der Waals surface area contributed by atoms with Crippen LogP contribution in [-0.4, -0.2) is 38.2 Å². The third-order valence-electron chi connectivity index (χ3n) is 6.10. The van der Waals surface area contributed by atoms with Gasteiger partial charge in [-0.2, -0.15) is 5.26 Å². The summed E-state index contributed by atoms with van der Waals surface area (Å²) in [6.07, 6.45) is -4.39. The van der Waals surface area contributed by atoms with E-state index in [0.717, 1.165) is 5.56 Å². The van der Waals surface area contributed by atoms with Crippen molar-refractivity contribution in [2.75, 3.05) is 30.5 Å². The molecular formula is C28H24ClF3N4O4. The van der Waals surface area contributed by atoms with E-state index in [1.165, 1.54) is 30.2 Å². The molecule has 1 unspecified atom stereocenters. The van der Waals surface area contributed by atoms with Gasteiger partial charge in [-0.05, 0) is 54.8 Å². The summed E-state index contributed by atoms with van der Waals surface area (Å²) in [5.74, 6) is -0.331. The summed E-state index contributed by atoms with van der Waals surface area (Å²) in [6.45, 7) is 1.76. The number of oxime groups is 1. The number of benzene rings is 3. The average molecular weight is 573 g/mol. The van der Waals surface area contributed by atoms with Crippen LogP contribution >= 0.6 is 11.6 Å². The van der Waals surface area contributed by atoms with E-state index in [4.69, 9.17) is 26.4 Å². The Balaban J connectivity index is 1.70. The van der Waals surface area contributed by atoms with Crippen molar-refractivity contribution in [1.82, 2.24) is 0 Å². The number of nitrogens with zero attached hydrogens (tertiary/aromatic N) is 3. The zero-order valence-corrected chi connectivity index (χ0v) is 22.2. The summed E-state index contributed by atoms with van der Waals surface area (Å²) in [7, 11) is 1.49. The minimum absolute atomic E-state index is 0.216. The topological polar surface area (TPSA) is 96.2 Å². The third kappa shape index (κ3) is 6.95. The molecule has 12 heteroatoms. The summed E-state index contributed by atoms with van der Waals surface area (Å²) < 4.78 is 48.1. The van der Waals surface area contributed by atoms with Gasteiger partial charge in [0.25, 0.3) is 5.91 Å². The van der Waals surface area contributed by atoms with Crippen molar-refractivity contribution in [3.05, 3.63) is 82.4 Å². The highest BCUT2D eigenvalue weighted by Crippen LogP contribution is 2.36. The summed E-state index contributed by atoms with van der Waals surface area (Å²) in [4.78, 5) is 20.4. The molecule has 1 atom stereocenters. The Morgan fingerprint density at radius 3 is 2.58 bits per heavy atom. The Kier molecular flexibility index (Phi) is 8.70. The fourth-order valence-electron chi connectivity index (χ4n) is 4.27. The van der Waals surface area contributed by atoms with Gasteiger partial charge < -0.3 is 24.5 Å².